The van der Waals surface area contributed by atoms with E-state index in [1.807, 2.05) is 45.0 Å². The van der Waals surface area contributed by atoms with E-state index in [4.69, 9.17) is 4.74 Å². The second-order valence-corrected chi connectivity index (χ2v) is 4.54. The highest BCUT2D eigenvalue weighted by molar-refractivity contribution is 5.79. The lowest BCUT2D eigenvalue weighted by Gasteiger charge is -2.29. The minimum Gasteiger partial charge on any atom is -0.479 e. The van der Waals surface area contributed by atoms with E-state index < -0.39 is 11.6 Å². The van der Waals surface area contributed by atoms with Gasteiger partial charge in [-0.05, 0) is 32.8 Å². The van der Waals surface area contributed by atoms with E-state index in [-0.39, 0.29) is 6.10 Å². The fourth-order valence-electron chi connectivity index (χ4n) is 1.60. The zero-order chi connectivity index (χ0) is 13.1. The van der Waals surface area contributed by atoms with Gasteiger partial charge < -0.3 is 9.84 Å². The molecule has 0 heterocycles. The number of carboxylic acids is 1. The van der Waals surface area contributed by atoms with Crippen molar-refractivity contribution in [2.24, 2.45) is 0 Å². The minimum absolute atomic E-state index is 0.0857. The summed E-state index contributed by atoms with van der Waals surface area (Å²) in [5, 5.41) is 9.37. The summed E-state index contributed by atoms with van der Waals surface area (Å²) < 4.78 is 5.67. The first-order chi connectivity index (χ1) is 7.90. The van der Waals surface area contributed by atoms with Gasteiger partial charge in [0, 0.05) is 0 Å². The minimum atomic E-state index is -1.27. The second-order valence-electron chi connectivity index (χ2n) is 4.54. The maximum atomic E-state index is 11.4. The molecule has 1 aromatic rings. The van der Waals surface area contributed by atoms with Gasteiger partial charge in [0.2, 0.25) is 0 Å². The second kappa shape index (κ2) is 5.32. The Bertz CT molecular complexity index is 383. The molecule has 0 bridgehead atoms. The molecule has 3 nitrogen and oxygen atoms in total. The molecule has 1 rings (SSSR count). The molecule has 0 aromatic heterocycles. The van der Waals surface area contributed by atoms with Crippen LogP contribution in [0, 0.1) is 6.92 Å². The first-order valence-electron chi connectivity index (χ1n) is 5.88. The number of hydrogen-bond donors (Lipinski definition) is 1. The summed E-state index contributed by atoms with van der Waals surface area (Å²) in [6.45, 7) is 7.43. The predicted molar refractivity (Wildman–Crippen MR) is 67.0 cm³/mol. The van der Waals surface area contributed by atoms with Crippen molar-refractivity contribution in [3.05, 3.63) is 35.4 Å². The van der Waals surface area contributed by atoms with Gasteiger partial charge in [0.05, 0.1) is 6.10 Å². The summed E-state index contributed by atoms with van der Waals surface area (Å²) in [4.78, 5) is 11.4. The molecule has 0 radical (unpaired) electrons. The van der Waals surface area contributed by atoms with Crippen molar-refractivity contribution in [3.63, 3.8) is 0 Å². The van der Waals surface area contributed by atoms with E-state index in [9.17, 15) is 9.90 Å². The first kappa shape index (κ1) is 13.7. The van der Waals surface area contributed by atoms with Crippen LogP contribution in [0.1, 0.15) is 38.3 Å². The number of benzene rings is 1. The van der Waals surface area contributed by atoms with Crippen molar-refractivity contribution in [2.75, 3.05) is 0 Å². The molecule has 1 N–H and O–H groups in total. The van der Waals surface area contributed by atoms with Crippen LogP contribution in [0.25, 0.3) is 0 Å². The molecule has 0 aliphatic heterocycles. The van der Waals surface area contributed by atoms with Gasteiger partial charge in [0.1, 0.15) is 0 Å². The third-order valence-corrected chi connectivity index (χ3v) is 3.02. The van der Waals surface area contributed by atoms with Crippen molar-refractivity contribution >= 4 is 5.97 Å². The summed E-state index contributed by atoms with van der Waals surface area (Å²) >= 11 is 0. The quantitative estimate of drug-likeness (QED) is 0.854. The van der Waals surface area contributed by atoms with Crippen LogP contribution in [-0.2, 0) is 15.1 Å². The SMILES string of the molecule is CCC(C)OC(C)(C(=O)O)c1ccc(C)cc1. The maximum absolute atomic E-state index is 11.4. The molecule has 0 saturated heterocycles. The Morgan fingerprint density at radius 2 is 1.94 bits per heavy atom. The van der Waals surface area contributed by atoms with Gasteiger partial charge in [-0.25, -0.2) is 4.79 Å². The fraction of sp³-hybridized carbons (Fsp3) is 0.500. The molecule has 0 spiro atoms. The molecule has 2 unspecified atom stereocenters. The van der Waals surface area contributed by atoms with Crippen molar-refractivity contribution in [1.82, 2.24) is 0 Å². The zero-order valence-electron chi connectivity index (χ0n) is 10.9. The Balaban J connectivity index is 3.07. The Labute approximate surface area is 102 Å². The number of rotatable bonds is 5. The topological polar surface area (TPSA) is 46.5 Å². The van der Waals surface area contributed by atoms with Crippen LogP contribution in [0.4, 0.5) is 0 Å². The molecule has 94 valence electrons. The Morgan fingerprint density at radius 3 is 2.35 bits per heavy atom. The van der Waals surface area contributed by atoms with E-state index >= 15 is 0 Å². The number of ether oxygens (including phenoxy) is 1. The molecule has 0 amide bonds. The fourth-order valence-corrected chi connectivity index (χ4v) is 1.60. The van der Waals surface area contributed by atoms with Crippen LogP contribution in [0.15, 0.2) is 24.3 Å². The molecule has 2 atom stereocenters. The summed E-state index contributed by atoms with van der Waals surface area (Å²) in [5.74, 6) is -0.957. The number of aryl methyl sites for hydroxylation is 1. The number of hydrogen-bond acceptors (Lipinski definition) is 2. The third kappa shape index (κ3) is 3.07. The number of aliphatic carboxylic acids is 1. The van der Waals surface area contributed by atoms with Gasteiger partial charge in [0.15, 0.2) is 5.60 Å². The van der Waals surface area contributed by atoms with Gasteiger partial charge >= 0.3 is 5.97 Å². The summed E-state index contributed by atoms with van der Waals surface area (Å²) in [6, 6.07) is 7.42. The number of carboxylic acid groups (broad SMARTS) is 1. The van der Waals surface area contributed by atoms with Crippen molar-refractivity contribution < 1.29 is 14.6 Å². The van der Waals surface area contributed by atoms with Crippen molar-refractivity contribution in [2.45, 2.75) is 45.8 Å². The van der Waals surface area contributed by atoms with E-state index in [1.165, 1.54) is 0 Å². The Hall–Kier alpha value is -1.35. The summed E-state index contributed by atoms with van der Waals surface area (Å²) in [7, 11) is 0. The highest BCUT2D eigenvalue weighted by Gasteiger charge is 2.37. The van der Waals surface area contributed by atoms with Gasteiger partial charge in [-0.2, -0.15) is 0 Å². The lowest BCUT2D eigenvalue weighted by atomic mass is 9.94. The lowest BCUT2D eigenvalue weighted by molar-refractivity contribution is -0.172. The first-order valence-corrected chi connectivity index (χ1v) is 5.88. The summed E-state index contributed by atoms with van der Waals surface area (Å²) in [6.07, 6.45) is 0.701. The molecular weight excluding hydrogens is 216 g/mol. The van der Waals surface area contributed by atoms with Gasteiger partial charge in [0.25, 0.3) is 0 Å². The molecule has 1 aromatic carbocycles. The average molecular weight is 236 g/mol. The van der Waals surface area contributed by atoms with Crippen molar-refractivity contribution in [3.8, 4) is 0 Å². The monoisotopic (exact) mass is 236 g/mol. The molecule has 0 saturated carbocycles. The largest absolute Gasteiger partial charge is 0.479 e. The lowest BCUT2D eigenvalue weighted by Crippen LogP contribution is -2.38. The van der Waals surface area contributed by atoms with Crippen LogP contribution < -0.4 is 0 Å². The Kier molecular flexibility index (Phi) is 4.29. The van der Waals surface area contributed by atoms with Gasteiger partial charge in [-0.15, -0.1) is 0 Å². The molecular formula is C14H20O3. The van der Waals surface area contributed by atoms with E-state index in [0.29, 0.717) is 5.56 Å². The van der Waals surface area contributed by atoms with Crippen LogP contribution in [0.5, 0.6) is 0 Å². The van der Waals surface area contributed by atoms with Crippen molar-refractivity contribution in [1.29, 1.82) is 0 Å². The highest BCUT2D eigenvalue weighted by Crippen LogP contribution is 2.28. The molecule has 17 heavy (non-hydrogen) atoms. The molecule has 0 aliphatic carbocycles. The maximum Gasteiger partial charge on any atom is 0.340 e. The van der Waals surface area contributed by atoms with E-state index in [0.717, 1.165) is 12.0 Å². The Morgan fingerprint density at radius 1 is 1.41 bits per heavy atom. The molecule has 0 aliphatic rings. The van der Waals surface area contributed by atoms with Crippen LogP contribution >= 0.6 is 0 Å². The number of carbonyl (C=O) groups is 1. The van der Waals surface area contributed by atoms with Gasteiger partial charge in [-0.1, -0.05) is 36.8 Å². The van der Waals surface area contributed by atoms with Crippen LogP contribution in [-0.4, -0.2) is 17.2 Å². The third-order valence-electron chi connectivity index (χ3n) is 3.02. The molecule has 3 heteroatoms. The predicted octanol–water partition coefficient (Wildman–Crippen LogP) is 3.11. The summed E-state index contributed by atoms with van der Waals surface area (Å²) in [5.41, 5.74) is 0.504. The van der Waals surface area contributed by atoms with E-state index in [1.54, 1.807) is 6.92 Å². The highest BCUT2D eigenvalue weighted by atomic mass is 16.5. The van der Waals surface area contributed by atoms with Crippen LogP contribution in [0.3, 0.4) is 0 Å². The van der Waals surface area contributed by atoms with E-state index in [2.05, 4.69) is 0 Å². The molecule has 0 fully saturated rings. The zero-order valence-corrected chi connectivity index (χ0v) is 10.9. The smallest absolute Gasteiger partial charge is 0.340 e. The normalized spacial score (nSPS) is 16.2. The van der Waals surface area contributed by atoms with Gasteiger partial charge in [-0.3, -0.25) is 0 Å². The van der Waals surface area contributed by atoms with Crippen LogP contribution in [0.2, 0.25) is 0 Å². The average Bonchev–Trinajstić information content (AvgIpc) is 2.29. The standard InChI is InChI=1S/C14H20O3/c1-5-11(3)17-14(4,13(15)16)12-8-6-10(2)7-9-12/h6-9,11H,5H2,1-4H3,(H,15,16).